The van der Waals surface area contributed by atoms with E-state index in [2.05, 4.69) is 10.9 Å². The molecule has 0 aliphatic rings. The van der Waals surface area contributed by atoms with Gasteiger partial charge in [0.1, 0.15) is 23.9 Å². The van der Waals surface area contributed by atoms with Crippen LogP contribution in [-0.2, 0) is 16.2 Å². The van der Waals surface area contributed by atoms with Gasteiger partial charge in [0.2, 0.25) is 0 Å². The first-order chi connectivity index (χ1) is 15.1. The molecule has 0 radical (unpaired) electrons. The van der Waals surface area contributed by atoms with Crippen molar-refractivity contribution in [2.24, 2.45) is 0 Å². The van der Waals surface area contributed by atoms with Crippen molar-refractivity contribution in [1.29, 1.82) is 0 Å². The van der Waals surface area contributed by atoms with Gasteiger partial charge in [-0.1, -0.05) is 42.5 Å². The van der Waals surface area contributed by atoms with Gasteiger partial charge in [-0.15, -0.1) is 0 Å². The highest BCUT2D eigenvalue weighted by Gasteiger charge is 2.04. The Morgan fingerprint density at radius 3 is 2.16 bits per heavy atom. The van der Waals surface area contributed by atoms with E-state index < -0.39 is 17.6 Å². The third kappa shape index (κ3) is 7.66. The van der Waals surface area contributed by atoms with E-state index in [1.165, 1.54) is 30.3 Å². The average molecular weight is 420 g/mol. The molecule has 0 atom stereocenters. The lowest BCUT2D eigenvalue weighted by Crippen LogP contribution is -2.43. The first-order valence-electron chi connectivity index (χ1n) is 9.50. The Kier molecular flexibility index (Phi) is 7.77. The second kappa shape index (κ2) is 11.2. The van der Waals surface area contributed by atoms with E-state index in [4.69, 9.17) is 9.47 Å². The van der Waals surface area contributed by atoms with Gasteiger partial charge in [0.25, 0.3) is 11.8 Å². The fourth-order valence-corrected chi connectivity index (χ4v) is 2.48. The summed E-state index contributed by atoms with van der Waals surface area (Å²) in [6.07, 6.45) is 2.90. The zero-order chi connectivity index (χ0) is 21.9. The minimum Gasteiger partial charge on any atom is -0.489 e. The third-order valence-electron chi connectivity index (χ3n) is 4.06. The normalized spacial score (nSPS) is 10.5. The van der Waals surface area contributed by atoms with Crippen LogP contribution in [0.5, 0.6) is 11.5 Å². The first kappa shape index (κ1) is 21.6. The molecule has 31 heavy (non-hydrogen) atoms. The fourth-order valence-electron chi connectivity index (χ4n) is 2.48. The van der Waals surface area contributed by atoms with Gasteiger partial charge in [-0.05, 0) is 53.6 Å². The molecule has 0 fully saturated rings. The van der Waals surface area contributed by atoms with E-state index in [0.717, 1.165) is 16.9 Å². The molecule has 0 saturated heterocycles. The highest BCUT2D eigenvalue weighted by Crippen LogP contribution is 2.15. The van der Waals surface area contributed by atoms with Crippen molar-refractivity contribution in [3.05, 3.63) is 102 Å². The molecule has 0 saturated carbocycles. The van der Waals surface area contributed by atoms with E-state index in [-0.39, 0.29) is 6.61 Å². The first-order valence-corrected chi connectivity index (χ1v) is 9.50. The summed E-state index contributed by atoms with van der Waals surface area (Å²) in [5.74, 6) is -0.381. The predicted octanol–water partition coefficient (Wildman–Crippen LogP) is 3.64. The summed E-state index contributed by atoms with van der Waals surface area (Å²) in [5, 5.41) is 0. The maximum atomic E-state index is 12.8. The number of rotatable bonds is 8. The van der Waals surface area contributed by atoms with Crippen LogP contribution in [0.4, 0.5) is 4.39 Å². The van der Waals surface area contributed by atoms with Gasteiger partial charge >= 0.3 is 0 Å². The predicted molar refractivity (Wildman–Crippen MR) is 114 cm³/mol. The summed E-state index contributed by atoms with van der Waals surface area (Å²) in [7, 11) is 0. The second-order valence-electron chi connectivity index (χ2n) is 6.46. The number of carbonyl (C=O) groups excluding carboxylic acids is 2. The van der Waals surface area contributed by atoms with Crippen LogP contribution in [0.25, 0.3) is 6.08 Å². The number of benzene rings is 3. The van der Waals surface area contributed by atoms with Crippen molar-refractivity contribution in [3.8, 4) is 11.5 Å². The molecule has 2 amide bonds. The van der Waals surface area contributed by atoms with Gasteiger partial charge < -0.3 is 9.47 Å². The highest BCUT2D eigenvalue weighted by molar-refractivity contribution is 5.93. The lowest BCUT2D eigenvalue weighted by atomic mass is 10.2. The fraction of sp³-hybridized carbons (Fsp3) is 0.0833. The van der Waals surface area contributed by atoms with Crippen molar-refractivity contribution in [3.63, 3.8) is 0 Å². The van der Waals surface area contributed by atoms with Crippen LogP contribution in [0.1, 0.15) is 11.1 Å². The van der Waals surface area contributed by atoms with Gasteiger partial charge in [-0.2, -0.15) is 0 Å². The molecule has 3 aromatic carbocycles. The number of nitrogens with one attached hydrogen (secondary N) is 2. The monoisotopic (exact) mass is 420 g/mol. The van der Waals surface area contributed by atoms with E-state index >= 15 is 0 Å². The maximum absolute atomic E-state index is 12.8. The number of halogens is 1. The maximum Gasteiger partial charge on any atom is 0.276 e. The van der Waals surface area contributed by atoms with Gasteiger partial charge in [0.05, 0.1) is 0 Å². The lowest BCUT2D eigenvalue weighted by molar-refractivity contribution is -0.128. The van der Waals surface area contributed by atoms with Crippen LogP contribution in [0.3, 0.4) is 0 Å². The van der Waals surface area contributed by atoms with Crippen LogP contribution in [-0.4, -0.2) is 18.4 Å². The van der Waals surface area contributed by atoms with E-state index in [0.29, 0.717) is 12.4 Å². The van der Waals surface area contributed by atoms with Crippen molar-refractivity contribution in [2.45, 2.75) is 6.61 Å². The van der Waals surface area contributed by atoms with Gasteiger partial charge in [0.15, 0.2) is 6.61 Å². The number of hydrogen-bond acceptors (Lipinski definition) is 4. The second-order valence-corrected chi connectivity index (χ2v) is 6.46. The molecule has 0 aromatic heterocycles. The van der Waals surface area contributed by atoms with Crippen LogP contribution < -0.4 is 20.3 Å². The molecule has 7 heteroatoms. The summed E-state index contributed by atoms with van der Waals surface area (Å²) in [6, 6.07) is 22.4. The molecule has 0 heterocycles. The zero-order valence-electron chi connectivity index (χ0n) is 16.6. The Hall–Kier alpha value is -4.13. The minimum absolute atomic E-state index is 0.319. The smallest absolute Gasteiger partial charge is 0.276 e. The van der Waals surface area contributed by atoms with E-state index in [9.17, 15) is 14.0 Å². The highest BCUT2D eigenvalue weighted by atomic mass is 19.1. The van der Waals surface area contributed by atoms with Gasteiger partial charge in [0, 0.05) is 6.08 Å². The molecule has 158 valence electrons. The van der Waals surface area contributed by atoms with E-state index in [1.807, 2.05) is 54.6 Å². The molecular weight excluding hydrogens is 399 g/mol. The van der Waals surface area contributed by atoms with Crippen molar-refractivity contribution in [1.82, 2.24) is 10.9 Å². The average Bonchev–Trinajstić information content (AvgIpc) is 2.81. The van der Waals surface area contributed by atoms with Crippen molar-refractivity contribution >= 4 is 17.9 Å². The number of ether oxygens (including phenoxy) is 2. The molecule has 0 aliphatic carbocycles. The molecule has 0 unspecified atom stereocenters. The van der Waals surface area contributed by atoms with E-state index in [1.54, 1.807) is 6.08 Å². The molecular formula is C24H21FN2O4. The standard InChI is InChI=1S/C24H21FN2O4/c25-20-9-13-22(14-10-20)31-17-24(29)27-26-23(28)15-8-18-6-11-21(12-7-18)30-16-19-4-2-1-3-5-19/h1-15H,16-17H2,(H,26,28)(H,27,29)/b15-8+. The summed E-state index contributed by atoms with van der Waals surface area (Å²) in [6.45, 7) is 0.156. The SMILES string of the molecule is O=C(/C=C/c1ccc(OCc2ccccc2)cc1)NNC(=O)COc1ccc(F)cc1. The Labute approximate surface area is 179 Å². The molecule has 6 nitrogen and oxygen atoms in total. The molecule has 3 aromatic rings. The molecule has 0 bridgehead atoms. The topological polar surface area (TPSA) is 76.7 Å². The van der Waals surface area contributed by atoms with Gasteiger partial charge in [-0.25, -0.2) is 4.39 Å². The lowest BCUT2D eigenvalue weighted by Gasteiger charge is -2.07. The Morgan fingerprint density at radius 1 is 0.806 bits per heavy atom. The Bertz CT molecular complexity index is 1020. The summed E-state index contributed by atoms with van der Waals surface area (Å²) in [4.78, 5) is 23.5. The number of carbonyl (C=O) groups is 2. The van der Waals surface area contributed by atoms with Crippen LogP contribution >= 0.6 is 0 Å². The Morgan fingerprint density at radius 2 is 1.45 bits per heavy atom. The molecule has 2 N–H and O–H groups in total. The molecule has 0 aliphatic heterocycles. The minimum atomic E-state index is -0.550. The van der Waals surface area contributed by atoms with Gasteiger partial charge in [-0.3, -0.25) is 20.4 Å². The van der Waals surface area contributed by atoms with Crippen LogP contribution in [0.15, 0.2) is 84.9 Å². The summed E-state index contributed by atoms with van der Waals surface area (Å²) in [5.41, 5.74) is 6.37. The van der Waals surface area contributed by atoms with Crippen LogP contribution in [0, 0.1) is 5.82 Å². The number of amides is 2. The Balaban J connectivity index is 1.37. The van der Waals surface area contributed by atoms with Crippen LogP contribution in [0.2, 0.25) is 0 Å². The largest absolute Gasteiger partial charge is 0.489 e. The zero-order valence-corrected chi connectivity index (χ0v) is 16.6. The summed E-state index contributed by atoms with van der Waals surface area (Å²) >= 11 is 0. The quantitative estimate of drug-likeness (QED) is 0.431. The molecule has 0 spiro atoms. The summed E-state index contributed by atoms with van der Waals surface area (Å²) < 4.78 is 23.7. The number of hydrazine groups is 1. The van der Waals surface area contributed by atoms with Crippen molar-refractivity contribution in [2.75, 3.05) is 6.61 Å². The number of hydrogen-bond donors (Lipinski definition) is 2. The van der Waals surface area contributed by atoms with Crippen molar-refractivity contribution < 1.29 is 23.5 Å². The third-order valence-corrected chi connectivity index (χ3v) is 4.06. The molecule has 3 rings (SSSR count).